The average Bonchev–Trinajstić information content (AvgIpc) is 2.11. The Bertz CT molecular complexity index is 355. The molecule has 1 aromatic carbocycles. The van der Waals surface area contributed by atoms with E-state index in [1.807, 2.05) is 0 Å². The van der Waals surface area contributed by atoms with E-state index in [2.05, 4.69) is 4.74 Å². The van der Waals surface area contributed by atoms with E-state index in [4.69, 9.17) is 11.6 Å². The Balaban J connectivity index is 3.17. The van der Waals surface area contributed by atoms with Crippen molar-refractivity contribution in [3.8, 4) is 5.75 Å². The summed E-state index contributed by atoms with van der Waals surface area (Å²) in [6.07, 6.45) is 0.156. The Morgan fingerprint density at radius 2 is 2.07 bits per heavy atom. The van der Waals surface area contributed by atoms with Crippen LogP contribution in [0.15, 0.2) is 12.1 Å². The Kier molecular flexibility index (Phi) is 3.35. The molecule has 1 aromatic rings. The molecular formula is C8H4ClF3O2. The summed E-state index contributed by atoms with van der Waals surface area (Å²) >= 11 is 5.35. The molecule has 14 heavy (non-hydrogen) atoms. The summed E-state index contributed by atoms with van der Waals surface area (Å²) in [6, 6.07) is 1.75. The van der Waals surface area contributed by atoms with E-state index in [0.717, 1.165) is 12.1 Å². The second kappa shape index (κ2) is 4.32. The van der Waals surface area contributed by atoms with Gasteiger partial charge in [0.05, 0.1) is 10.6 Å². The number of hydrogen-bond donors (Lipinski definition) is 0. The molecule has 0 radical (unpaired) electrons. The number of aldehydes is 1. The number of carbonyl (C=O) groups is 1. The SMILES string of the molecule is O=Cc1c(OC(F)F)ccc(F)c1Cl. The molecule has 0 aliphatic rings. The topological polar surface area (TPSA) is 26.3 Å². The number of halogens is 4. The normalized spacial score (nSPS) is 10.4. The smallest absolute Gasteiger partial charge is 0.387 e. The van der Waals surface area contributed by atoms with Gasteiger partial charge >= 0.3 is 6.61 Å². The molecule has 0 aromatic heterocycles. The highest BCUT2D eigenvalue weighted by Gasteiger charge is 2.15. The summed E-state index contributed by atoms with van der Waals surface area (Å²) < 4.78 is 40.3. The van der Waals surface area contributed by atoms with Gasteiger partial charge in [-0.25, -0.2) is 4.39 Å². The predicted octanol–water partition coefficient (Wildman–Crippen LogP) is 2.89. The van der Waals surface area contributed by atoms with Crippen molar-refractivity contribution >= 4 is 17.9 Å². The number of benzene rings is 1. The molecule has 0 bridgehead atoms. The van der Waals surface area contributed by atoms with Gasteiger partial charge in [0.15, 0.2) is 6.29 Å². The van der Waals surface area contributed by atoms with Crippen LogP contribution in [-0.4, -0.2) is 12.9 Å². The highest BCUT2D eigenvalue weighted by Crippen LogP contribution is 2.28. The van der Waals surface area contributed by atoms with E-state index in [0.29, 0.717) is 0 Å². The second-order valence-electron chi connectivity index (χ2n) is 2.27. The Morgan fingerprint density at radius 3 is 2.57 bits per heavy atom. The monoisotopic (exact) mass is 224 g/mol. The van der Waals surface area contributed by atoms with Crippen LogP contribution in [0, 0.1) is 5.82 Å². The minimum absolute atomic E-state index is 0.156. The van der Waals surface area contributed by atoms with Crippen molar-refractivity contribution < 1.29 is 22.7 Å². The summed E-state index contributed by atoms with van der Waals surface area (Å²) in [5.41, 5.74) is -0.424. The zero-order valence-electron chi connectivity index (χ0n) is 6.64. The summed E-state index contributed by atoms with van der Waals surface area (Å²) in [4.78, 5) is 10.4. The van der Waals surface area contributed by atoms with E-state index in [-0.39, 0.29) is 6.29 Å². The van der Waals surface area contributed by atoms with Crippen LogP contribution in [0.5, 0.6) is 5.75 Å². The van der Waals surface area contributed by atoms with Crippen LogP contribution in [0.2, 0.25) is 5.02 Å². The maximum atomic E-state index is 12.7. The standard InChI is InChI=1S/C8H4ClF3O2/c9-7-4(3-13)6(14-8(11)12)2-1-5(7)10/h1-3,8H. The van der Waals surface area contributed by atoms with Crippen molar-refractivity contribution in [3.63, 3.8) is 0 Å². The zero-order valence-corrected chi connectivity index (χ0v) is 7.39. The van der Waals surface area contributed by atoms with Crippen LogP contribution in [0.4, 0.5) is 13.2 Å². The van der Waals surface area contributed by atoms with Gasteiger partial charge in [-0.2, -0.15) is 8.78 Å². The molecule has 0 unspecified atom stereocenters. The van der Waals surface area contributed by atoms with Crippen LogP contribution in [-0.2, 0) is 0 Å². The van der Waals surface area contributed by atoms with Crippen molar-refractivity contribution in [2.45, 2.75) is 6.61 Å². The number of carbonyl (C=O) groups excluding carboxylic acids is 1. The van der Waals surface area contributed by atoms with Crippen LogP contribution in [0.3, 0.4) is 0 Å². The van der Waals surface area contributed by atoms with E-state index >= 15 is 0 Å². The first-order valence-corrected chi connectivity index (χ1v) is 3.82. The molecule has 0 amide bonds. The van der Waals surface area contributed by atoms with Crippen molar-refractivity contribution in [2.75, 3.05) is 0 Å². The Labute approximate surface area is 82.2 Å². The number of hydrogen-bond acceptors (Lipinski definition) is 2. The number of rotatable bonds is 3. The lowest BCUT2D eigenvalue weighted by Crippen LogP contribution is -2.05. The quantitative estimate of drug-likeness (QED) is 0.738. The molecule has 0 aliphatic carbocycles. The molecule has 76 valence electrons. The third kappa shape index (κ3) is 2.17. The maximum Gasteiger partial charge on any atom is 0.387 e. The first-order valence-electron chi connectivity index (χ1n) is 3.44. The van der Waals surface area contributed by atoms with Gasteiger partial charge < -0.3 is 4.74 Å². The molecule has 2 nitrogen and oxygen atoms in total. The minimum atomic E-state index is -3.09. The second-order valence-corrected chi connectivity index (χ2v) is 2.65. The van der Waals surface area contributed by atoms with E-state index in [1.54, 1.807) is 0 Å². The molecule has 0 fully saturated rings. The fraction of sp³-hybridized carbons (Fsp3) is 0.125. The Hall–Kier alpha value is -1.23. The zero-order chi connectivity index (χ0) is 10.7. The number of alkyl halides is 2. The number of ether oxygens (including phenoxy) is 1. The average molecular weight is 225 g/mol. The lowest BCUT2D eigenvalue weighted by molar-refractivity contribution is -0.0501. The molecular weight excluding hydrogens is 221 g/mol. The summed E-state index contributed by atoms with van der Waals surface area (Å²) in [7, 11) is 0. The lowest BCUT2D eigenvalue weighted by Gasteiger charge is -2.07. The maximum absolute atomic E-state index is 12.7. The molecule has 0 spiro atoms. The largest absolute Gasteiger partial charge is 0.434 e. The van der Waals surface area contributed by atoms with Crippen LogP contribution >= 0.6 is 11.6 Å². The van der Waals surface area contributed by atoms with Gasteiger partial charge in [0.1, 0.15) is 11.6 Å². The predicted molar refractivity (Wildman–Crippen MR) is 43.4 cm³/mol. The first-order chi connectivity index (χ1) is 6.56. The molecule has 0 atom stereocenters. The molecule has 0 heterocycles. The fourth-order valence-corrected chi connectivity index (χ4v) is 1.06. The van der Waals surface area contributed by atoms with Crippen LogP contribution in [0.25, 0.3) is 0 Å². The van der Waals surface area contributed by atoms with Gasteiger partial charge in [-0.1, -0.05) is 11.6 Å². The summed E-state index contributed by atoms with van der Waals surface area (Å²) in [6.45, 7) is -3.09. The van der Waals surface area contributed by atoms with E-state index < -0.39 is 28.8 Å². The van der Waals surface area contributed by atoms with Crippen LogP contribution in [0.1, 0.15) is 10.4 Å². The molecule has 6 heteroatoms. The summed E-state index contributed by atoms with van der Waals surface area (Å²) in [5, 5.41) is -0.529. The molecule has 0 aliphatic heterocycles. The Morgan fingerprint density at radius 1 is 1.43 bits per heavy atom. The van der Waals surface area contributed by atoms with Crippen molar-refractivity contribution in [3.05, 3.63) is 28.5 Å². The third-order valence-electron chi connectivity index (χ3n) is 1.43. The van der Waals surface area contributed by atoms with E-state index in [9.17, 15) is 18.0 Å². The molecule has 0 saturated carbocycles. The van der Waals surface area contributed by atoms with Gasteiger partial charge in [-0.05, 0) is 12.1 Å². The van der Waals surface area contributed by atoms with Crippen molar-refractivity contribution in [1.29, 1.82) is 0 Å². The fourth-order valence-electron chi connectivity index (χ4n) is 0.857. The van der Waals surface area contributed by atoms with Crippen molar-refractivity contribution in [1.82, 2.24) is 0 Å². The van der Waals surface area contributed by atoms with Gasteiger partial charge in [0, 0.05) is 0 Å². The van der Waals surface area contributed by atoms with Gasteiger partial charge in [0.2, 0.25) is 0 Å². The minimum Gasteiger partial charge on any atom is -0.434 e. The summed E-state index contributed by atoms with van der Waals surface area (Å²) in [5.74, 6) is -1.31. The molecule has 0 N–H and O–H groups in total. The van der Waals surface area contributed by atoms with Gasteiger partial charge in [-0.15, -0.1) is 0 Å². The van der Waals surface area contributed by atoms with Crippen LogP contribution < -0.4 is 4.74 Å². The van der Waals surface area contributed by atoms with Gasteiger partial charge in [-0.3, -0.25) is 4.79 Å². The van der Waals surface area contributed by atoms with E-state index in [1.165, 1.54) is 0 Å². The highest BCUT2D eigenvalue weighted by molar-refractivity contribution is 6.33. The molecule has 1 rings (SSSR count). The van der Waals surface area contributed by atoms with Crippen molar-refractivity contribution in [2.24, 2.45) is 0 Å². The lowest BCUT2D eigenvalue weighted by atomic mass is 10.2. The first kappa shape index (κ1) is 10.8. The highest BCUT2D eigenvalue weighted by atomic mass is 35.5. The third-order valence-corrected chi connectivity index (χ3v) is 1.81. The molecule has 0 saturated heterocycles. The van der Waals surface area contributed by atoms with Gasteiger partial charge in [0.25, 0.3) is 0 Å².